The van der Waals surface area contributed by atoms with Gasteiger partial charge in [-0.3, -0.25) is 4.79 Å². The molecule has 1 fully saturated rings. The van der Waals surface area contributed by atoms with E-state index in [-0.39, 0.29) is 11.9 Å². The predicted molar refractivity (Wildman–Crippen MR) is 135 cm³/mol. The molecule has 1 aliphatic heterocycles. The van der Waals surface area contributed by atoms with Crippen LogP contribution in [-0.4, -0.2) is 67.6 Å². The lowest BCUT2D eigenvalue weighted by Crippen LogP contribution is -2.48. The number of carbonyl (C=O) groups is 1. The minimum absolute atomic E-state index is 0.0284. The number of rotatable bonds is 8. The first-order valence-electron chi connectivity index (χ1n) is 11.8. The molecule has 8 heteroatoms. The van der Waals surface area contributed by atoms with E-state index in [0.717, 1.165) is 33.5 Å². The molecule has 0 atom stereocenters. The Labute approximate surface area is 201 Å². The third kappa shape index (κ3) is 5.13. The van der Waals surface area contributed by atoms with Crippen LogP contribution in [0, 0.1) is 0 Å². The summed E-state index contributed by atoms with van der Waals surface area (Å²) in [5.74, 6) is 0.921. The average molecular weight is 484 g/mol. The third-order valence-electron chi connectivity index (χ3n) is 6.74. The monoisotopic (exact) mass is 483 g/mol. The smallest absolute Gasteiger partial charge is 0.222 e. The minimum Gasteiger partial charge on any atom is -0.497 e. The Morgan fingerprint density at radius 2 is 1.79 bits per heavy atom. The summed E-state index contributed by atoms with van der Waals surface area (Å²) in [5.41, 5.74) is 4.28. The normalized spacial score (nSPS) is 15.2. The fraction of sp³-hybridized carbons (Fsp3) is 0.423. The van der Waals surface area contributed by atoms with Crippen LogP contribution in [0.25, 0.3) is 22.2 Å². The van der Waals surface area contributed by atoms with Crippen LogP contribution >= 0.6 is 0 Å². The van der Waals surface area contributed by atoms with Gasteiger partial charge in [0.15, 0.2) is 0 Å². The Kier molecular flexibility index (Phi) is 7.28. The van der Waals surface area contributed by atoms with Crippen molar-refractivity contribution in [1.29, 1.82) is 0 Å². The molecule has 0 aliphatic carbocycles. The van der Waals surface area contributed by atoms with Gasteiger partial charge >= 0.3 is 0 Å². The molecule has 2 heterocycles. The van der Waals surface area contributed by atoms with Gasteiger partial charge in [-0.05, 0) is 60.7 Å². The zero-order chi connectivity index (χ0) is 24.3. The van der Waals surface area contributed by atoms with Crippen molar-refractivity contribution in [3.63, 3.8) is 0 Å². The molecular weight excluding hydrogens is 450 g/mol. The van der Waals surface area contributed by atoms with Gasteiger partial charge < -0.3 is 14.6 Å². The van der Waals surface area contributed by atoms with E-state index in [1.165, 1.54) is 6.26 Å². The number of methoxy groups -OCH3 is 1. The highest BCUT2D eigenvalue weighted by Crippen LogP contribution is 2.32. The van der Waals surface area contributed by atoms with Crippen LogP contribution in [0.15, 0.2) is 48.5 Å². The van der Waals surface area contributed by atoms with E-state index in [1.807, 2.05) is 48.2 Å². The number of nitrogens with one attached hydrogen (secondary N) is 1. The second-order valence-corrected chi connectivity index (χ2v) is 10.8. The van der Waals surface area contributed by atoms with Crippen molar-refractivity contribution in [2.75, 3.05) is 33.0 Å². The molecule has 0 radical (unpaired) electrons. The van der Waals surface area contributed by atoms with Gasteiger partial charge in [-0.25, -0.2) is 8.42 Å². The number of sulfonamides is 1. The number of para-hydroxylation sites is 1. The van der Waals surface area contributed by atoms with Crippen molar-refractivity contribution in [2.24, 2.45) is 0 Å². The van der Waals surface area contributed by atoms with Crippen molar-refractivity contribution in [3.8, 4) is 17.0 Å². The average Bonchev–Trinajstić information content (AvgIpc) is 3.21. The van der Waals surface area contributed by atoms with Crippen molar-refractivity contribution in [1.82, 2.24) is 14.2 Å². The molecular formula is C26H33N3O4S. The fourth-order valence-electron chi connectivity index (χ4n) is 5.02. The highest BCUT2D eigenvalue weighted by molar-refractivity contribution is 7.88. The van der Waals surface area contributed by atoms with Gasteiger partial charge in [0.05, 0.1) is 13.4 Å². The second kappa shape index (κ2) is 10.2. The standard InChI is InChI=1S/C26H33N3O4S/c1-4-29(34(3,31)32)20-15-17-28(18-16-20)25(30)14-13-23-22-7-5-6-8-24(22)27-26(23)19-9-11-21(33-2)12-10-19/h5-12,20,27H,4,13-18H2,1-3H3. The number of ether oxygens (including phenoxy) is 1. The zero-order valence-corrected chi connectivity index (χ0v) is 20.9. The molecule has 1 amide bonds. The Balaban J connectivity index is 1.47. The lowest BCUT2D eigenvalue weighted by Gasteiger charge is -2.37. The number of amides is 1. The lowest BCUT2D eigenvalue weighted by molar-refractivity contribution is -0.132. The van der Waals surface area contributed by atoms with Gasteiger partial charge in [0.1, 0.15) is 5.75 Å². The summed E-state index contributed by atoms with van der Waals surface area (Å²) in [7, 11) is -1.58. The first kappa shape index (κ1) is 24.3. The molecule has 34 heavy (non-hydrogen) atoms. The topological polar surface area (TPSA) is 82.7 Å². The number of fused-ring (bicyclic) bond motifs is 1. The van der Waals surface area contributed by atoms with Crippen LogP contribution in [-0.2, 0) is 21.2 Å². The number of H-pyrrole nitrogens is 1. The van der Waals surface area contributed by atoms with Crippen molar-refractivity contribution in [2.45, 2.75) is 38.6 Å². The largest absolute Gasteiger partial charge is 0.497 e. The van der Waals surface area contributed by atoms with Crippen LogP contribution in [0.3, 0.4) is 0 Å². The maximum atomic E-state index is 13.1. The molecule has 3 aromatic rings. The second-order valence-electron chi connectivity index (χ2n) is 8.83. The summed E-state index contributed by atoms with van der Waals surface area (Å²) in [6.45, 7) is 3.51. The van der Waals surface area contributed by atoms with E-state index in [2.05, 4.69) is 17.1 Å². The Hall–Kier alpha value is -2.84. The molecule has 1 aliphatic rings. The first-order chi connectivity index (χ1) is 16.3. The van der Waals surface area contributed by atoms with Crippen molar-refractivity contribution >= 4 is 26.8 Å². The number of piperidine rings is 1. The van der Waals surface area contributed by atoms with Gasteiger partial charge in [-0.15, -0.1) is 0 Å². The van der Waals surface area contributed by atoms with E-state index < -0.39 is 10.0 Å². The number of aryl methyl sites for hydroxylation is 1. The molecule has 0 bridgehead atoms. The molecule has 1 saturated heterocycles. The summed E-state index contributed by atoms with van der Waals surface area (Å²) in [5, 5.41) is 1.13. The summed E-state index contributed by atoms with van der Waals surface area (Å²) in [6, 6.07) is 16.1. The highest BCUT2D eigenvalue weighted by atomic mass is 32.2. The Morgan fingerprint density at radius 3 is 2.41 bits per heavy atom. The number of hydrogen-bond acceptors (Lipinski definition) is 4. The maximum Gasteiger partial charge on any atom is 0.222 e. The van der Waals surface area contributed by atoms with Gasteiger partial charge in [0.25, 0.3) is 0 Å². The molecule has 4 rings (SSSR count). The molecule has 1 N–H and O–H groups in total. The van der Waals surface area contributed by atoms with Crippen LogP contribution in [0.4, 0.5) is 0 Å². The number of hydrogen-bond donors (Lipinski definition) is 1. The van der Waals surface area contributed by atoms with Crippen molar-refractivity contribution in [3.05, 3.63) is 54.1 Å². The molecule has 0 unspecified atom stereocenters. The van der Waals surface area contributed by atoms with Gasteiger partial charge in [-0.1, -0.05) is 25.1 Å². The number of likely N-dealkylation sites (tertiary alicyclic amines) is 1. The van der Waals surface area contributed by atoms with Crippen LogP contribution in [0.1, 0.15) is 31.7 Å². The summed E-state index contributed by atoms with van der Waals surface area (Å²) >= 11 is 0. The SMILES string of the molecule is CCN(C1CCN(C(=O)CCc2c(-c3ccc(OC)cc3)[nH]c3ccccc23)CC1)S(C)(=O)=O. The first-order valence-corrected chi connectivity index (χ1v) is 13.6. The van der Waals surface area contributed by atoms with E-state index in [0.29, 0.717) is 45.3 Å². The Bertz CT molecular complexity index is 1240. The highest BCUT2D eigenvalue weighted by Gasteiger charge is 2.30. The van der Waals surface area contributed by atoms with Crippen molar-refractivity contribution < 1.29 is 17.9 Å². The predicted octanol–water partition coefficient (Wildman–Crippen LogP) is 4.05. The van der Waals surface area contributed by atoms with E-state index >= 15 is 0 Å². The van der Waals surface area contributed by atoms with Crippen LogP contribution in [0.5, 0.6) is 5.75 Å². The molecule has 7 nitrogen and oxygen atoms in total. The molecule has 182 valence electrons. The molecule has 1 aromatic heterocycles. The van der Waals surface area contributed by atoms with Crippen LogP contribution in [0.2, 0.25) is 0 Å². The van der Waals surface area contributed by atoms with Gasteiger partial charge in [-0.2, -0.15) is 4.31 Å². The van der Waals surface area contributed by atoms with Gasteiger partial charge in [0, 0.05) is 48.7 Å². The number of nitrogens with zero attached hydrogens (tertiary/aromatic N) is 2. The van der Waals surface area contributed by atoms with E-state index in [1.54, 1.807) is 11.4 Å². The number of carbonyl (C=O) groups excluding carboxylic acids is 1. The molecule has 2 aromatic carbocycles. The minimum atomic E-state index is -3.23. The summed E-state index contributed by atoms with van der Waals surface area (Å²) in [6.07, 6.45) is 3.66. The number of benzene rings is 2. The summed E-state index contributed by atoms with van der Waals surface area (Å²) < 4.78 is 30.9. The quantitative estimate of drug-likeness (QED) is 0.524. The van der Waals surface area contributed by atoms with E-state index in [4.69, 9.17) is 4.74 Å². The zero-order valence-electron chi connectivity index (χ0n) is 20.1. The summed E-state index contributed by atoms with van der Waals surface area (Å²) in [4.78, 5) is 18.5. The Morgan fingerprint density at radius 1 is 1.12 bits per heavy atom. The molecule has 0 saturated carbocycles. The van der Waals surface area contributed by atoms with E-state index in [9.17, 15) is 13.2 Å². The lowest BCUT2D eigenvalue weighted by atomic mass is 10.00. The number of aromatic amines is 1. The molecule has 0 spiro atoms. The number of aromatic nitrogens is 1. The van der Waals surface area contributed by atoms with Crippen LogP contribution < -0.4 is 4.74 Å². The van der Waals surface area contributed by atoms with Gasteiger partial charge in [0.2, 0.25) is 15.9 Å². The fourth-order valence-corrected chi connectivity index (χ4v) is 6.24. The third-order valence-corrected chi connectivity index (χ3v) is 8.15. The maximum absolute atomic E-state index is 13.1.